The van der Waals surface area contributed by atoms with Gasteiger partial charge in [-0.1, -0.05) is 140 Å². The van der Waals surface area contributed by atoms with E-state index in [0.29, 0.717) is 18.1 Å². The quantitative estimate of drug-likeness (QED) is 0.310. The van der Waals surface area contributed by atoms with Crippen LogP contribution in [0, 0.1) is 23.7 Å². The maximum absolute atomic E-state index is 12.8. The van der Waals surface area contributed by atoms with Crippen molar-refractivity contribution in [1.29, 1.82) is 0 Å². The normalized spacial score (nSPS) is 23.7. The SMILES string of the molecule is CCC1CCC[C@H]1CC.CCc1ccc(C(=O)C[C@H]2CCc3cc(CC4CCCCCCC4)ccc3C2)cc1.[HH]. The van der Waals surface area contributed by atoms with Gasteiger partial charge in [0.05, 0.1) is 0 Å². The summed E-state index contributed by atoms with van der Waals surface area (Å²) in [6.45, 7) is 6.82. The summed E-state index contributed by atoms with van der Waals surface area (Å²) in [4.78, 5) is 12.8. The number of hydrogen-bond donors (Lipinski definition) is 0. The second kappa shape index (κ2) is 15.8. The zero-order chi connectivity index (χ0) is 27.5. The summed E-state index contributed by atoms with van der Waals surface area (Å²) in [5.41, 5.74) is 6.77. The second-order valence-electron chi connectivity index (χ2n) is 13.1. The Bertz CT molecular complexity index is 991. The lowest BCUT2D eigenvalue weighted by Gasteiger charge is -2.26. The van der Waals surface area contributed by atoms with Crippen molar-refractivity contribution in [3.63, 3.8) is 0 Å². The Balaban J connectivity index is 0.000000377. The minimum atomic E-state index is 0. The molecule has 5 rings (SSSR count). The highest BCUT2D eigenvalue weighted by molar-refractivity contribution is 5.96. The molecule has 3 aliphatic carbocycles. The van der Waals surface area contributed by atoms with Gasteiger partial charge < -0.3 is 0 Å². The molecule has 0 bridgehead atoms. The van der Waals surface area contributed by atoms with Crippen LogP contribution in [0.4, 0.5) is 0 Å². The zero-order valence-corrected chi connectivity index (χ0v) is 25.5. The van der Waals surface area contributed by atoms with E-state index in [1.165, 1.54) is 94.6 Å². The first-order valence-corrected chi connectivity index (χ1v) is 16.8. The van der Waals surface area contributed by atoms with Crippen LogP contribution in [0.3, 0.4) is 0 Å². The van der Waals surface area contributed by atoms with Crippen molar-refractivity contribution in [2.24, 2.45) is 23.7 Å². The van der Waals surface area contributed by atoms with Crippen molar-refractivity contribution < 1.29 is 6.22 Å². The Labute approximate surface area is 242 Å². The topological polar surface area (TPSA) is 17.1 Å². The van der Waals surface area contributed by atoms with Crippen LogP contribution in [0.25, 0.3) is 0 Å². The molecule has 39 heavy (non-hydrogen) atoms. The predicted molar refractivity (Wildman–Crippen MR) is 170 cm³/mol. The van der Waals surface area contributed by atoms with E-state index in [4.69, 9.17) is 0 Å². The highest BCUT2D eigenvalue weighted by Crippen LogP contribution is 2.35. The van der Waals surface area contributed by atoms with Crippen molar-refractivity contribution in [2.45, 2.75) is 136 Å². The fourth-order valence-corrected chi connectivity index (χ4v) is 7.76. The molecular formula is C38H58O. The molecule has 0 heterocycles. The minimum Gasteiger partial charge on any atom is -0.294 e. The first kappa shape index (κ1) is 30.1. The lowest BCUT2D eigenvalue weighted by atomic mass is 9.79. The van der Waals surface area contributed by atoms with E-state index in [-0.39, 0.29) is 1.43 Å². The van der Waals surface area contributed by atoms with Crippen LogP contribution in [-0.2, 0) is 25.7 Å². The summed E-state index contributed by atoms with van der Waals surface area (Å²) in [7, 11) is 0. The second-order valence-corrected chi connectivity index (χ2v) is 13.1. The van der Waals surface area contributed by atoms with Gasteiger partial charge in [-0.25, -0.2) is 0 Å². The predicted octanol–water partition coefficient (Wildman–Crippen LogP) is 11.0. The van der Waals surface area contributed by atoms with E-state index in [0.717, 1.165) is 49.0 Å². The summed E-state index contributed by atoms with van der Waals surface area (Å²) in [6, 6.07) is 15.5. The Hall–Kier alpha value is -1.89. The molecule has 1 nitrogen and oxygen atoms in total. The molecule has 2 aromatic carbocycles. The maximum Gasteiger partial charge on any atom is 0.163 e. The number of aryl methyl sites for hydroxylation is 2. The van der Waals surface area contributed by atoms with Crippen molar-refractivity contribution in [2.75, 3.05) is 0 Å². The molecule has 0 saturated heterocycles. The molecule has 1 unspecified atom stereocenters. The number of fused-ring (bicyclic) bond motifs is 1. The third kappa shape index (κ3) is 9.06. The van der Waals surface area contributed by atoms with Crippen LogP contribution in [0.15, 0.2) is 42.5 Å². The molecule has 0 N–H and O–H groups in total. The number of benzene rings is 2. The van der Waals surface area contributed by atoms with Gasteiger partial charge >= 0.3 is 0 Å². The van der Waals surface area contributed by atoms with Gasteiger partial charge in [-0.3, -0.25) is 4.79 Å². The zero-order valence-electron chi connectivity index (χ0n) is 25.5. The largest absolute Gasteiger partial charge is 0.294 e. The molecule has 0 radical (unpaired) electrons. The number of Topliss-reactive ketones (excluding diaryl/α,β-unsaturated/α-hetero) is 1. The molecule has 216 valence electrons. The summed E-state index contributed by atoms with van der Waals surface area (Å²) >= 11 is 0. The monoisotopic (exact) mass is 530 g/mol. The molecule has 2 saturated carbocycles. The Morgan fingerprint density at radius 1 is 0.692 bits per heavy atom. The molecule has 1 heteroatoms. The van der Waals surface area contributed by atoms with Crippen LogP contribution in [-0.4, -0.2) is 5.78 Å². The maximum atomic E-state index is 12.8. The molecule has 0 aromatic heterocycles. The molecule has 2 aromatic rings. The van der Waals surface area contributed by atoms with Crippen LogP contribution >= 0.6 is 0 Å². The number of carbonyl (C=O) groups is 1. The van der Waals surface area contributed by atoms with Gasteiger partial charge in [-0.05, 0) is 78.0 Å². The first-order valence-electron chi connectivity index (χ1n) is 16.8. The summed E-state index contributed by atoms with van der Waals surface area (Å²) in [5, 5.41) is 0. The number of rotatable bonds is 8. The number of ketones is 1. The smallest absolute Gasteiger partial charge is 0.163 e. The summed E-state index contributed by atoms with van der Waals surface area (Å²) in [6.07, 6.45) is 23.7. The van der Waals surface area contributed by atoms with Crippen molar-refractivity contribution >= 4 is 5.78 Å². The number of carbonyl (C=O) groups excluding carboxylic acids is 1. The standard InChI is InChI=1S/C29H38O.C9H18.H2/c1-2-22-10-14-26(15-11-22)29(30)21-25-13-17-27-19-24(12-16-28(27)20-25)18-23-8-6-4-3-5-7-9-23;1-3-8-6-5-7-9(8)4-2;/h10-12,14-16,19,23,25H,2-9,13,17-18,20-21H2,1H3;8-9H,3-7H2,1-2H3;1H/t25-;8-,9?;/m01./s1. The molecule has 0 aliphatic heterocycles. The van der Waals surface area contributed by atoms with Gasteiger partial charge in [-0.2, -0.15) is 0 Å². The van der Waals surface area contributed by atoms with Gasteiger partial charge in [0.15, 0.2) is 5.78 Å². The van der Waals surface area contributed by atoms with E-state index in [1.807, 2.05) is 12.1 Å². The van der Waals surface area contributed by atoms with Gasteiger partial charge in [0, 0.05) is 13.4 Å². The minimum absolute atomic E-state index is 0. The fraction of sp³-hybridized carbons (Fsp3) is 0.658. The van der Waals surface area contributed by atoms with Crippen molar-refractivity contribution in [1.82, 2.24) is 0 Å². The van der Waals surface area contributed by atoms with E-state index < -0.39 is 0 Å². The van der Waals surface area contributed by atoms with Gasteiger partial charge in [0.25, 0.3) is 0 Å². The summed E-state index contributed by atoms with van der Waals surface area (Å²) in [5.74, 6) is 3.85. The molecular weight excluding hydrogens is 472 g/mol. The van der Waals surface area contributed by atoms with E-state index in [2.05, 4.69) is 51.1 Å². The Morgan fingerprint density at radius 2 is 1.33 bits per heavy atom. The molecule has 3 atom stereocenters. The third-order valence-electron chi connectivity index (χ3n) is 10.4. The van der Waals surface area contributed by atoms with Gasteiger partial charge in [-0.15, -0.1) is 0 Å². The highest BCUT2D eigenvalue weighted by atomic mass is 16.1. The highest BCUT2D eigenvalue weighted by Gasteiger charge is 2.24. The molecule has 0 spiro atoms. The van der Waals surface area contributed by atoms with E-state index >= 15 is 0 Å². The molecule has 2 fully saturated rings. The van der Waals surface area contributed by atoms with Crippen LogP contribution in [0.1, 0.15) is 145 Å². The Kier molecular flexibility index (Phi) is 12.2. The van der Waals surface area contributed by atoms with Crippen LogP contribution in [0.2, 0.25) is 0 Å². The van der Waals surface area contributed by atoms with E-state index in [9.17, 15) is 4.79 Å². The van der Waals surface area contributed by atoms with Gasteiger partial charge in [0.2, 0.25) is 0 Å². The lowest BCUT2D eigenvalue weighted by Crippen LogP contribution is -2.18. The first-order chi connectivity index (χ1) is 19.1. The summed E-state index contributed by atoms with van der Waals surface area (Å²) < 4.78 is 0. The molecule has 3 aliphatic rings. The average molecular weight is 531 g/mol. The van der Waals surface area contributed by atoms with Crippen molar-refractivity contribution in [3.05, 3.63) is 70.3 Å². The third-order valence-corrected chi connectivity index (χ3v) is 10.4. The Morgan fingerprint density at radius 3 is 1.97 bits per heavy atom. The lowest BCUT2D eigenvalue weighted by molar-refractivity contribution is 0.0957. The van der Waals surface area contributed by atoms with Gasteiger partial charge in [0.1, 0.15) is 0 Å². The van der Waals surface area contributed by atoms with E-state index in [1.54, 1.807) is 11.1 Å². The van der Waals surface area contributed by atoms with Crippen LogP contribution in [0.5, 0.6) is 0 Å². The fourth-order valence-electron chi connectivity index (χ4n) is 7.76. The average Bonchev–Trinajstić information content (AvgIpc) is 3.43. The van der Waals surface area contributed by atoms with Crippen molar-refractivity contribution in [3.8, 4) is 0 Å². The molecule has 0 amide bonds. The number of hydrogen-bond acceptors (Lipinski definition) is 1. The van der Waals surface area contributed by atoms with Crippen LogP contribution < -0.4 is 0 Å².